The van der Waals surface area contributed by atoms with Crippen molar-refractivity contribution < 1.29 is 28.2 Å². The number of carbonyl (C=O) groups is 2. The number of carbonyl (C=O) groups excluding carboxylic acids is 2. The fraction of sp³-hybridized carbons (Fsp3) is 0.333. The van der Waals surface area contributed by atoms with Crippen molar-refractivity contribution in [3.63, 3.8) is 0 Å². The third-order valence-corrected chi connectivity index (χ3v) is 7.16. The first-order chi connectivity index (χ1) is 19.8. The topological polar surface area (TPSA) is 77.1 Å². The minimum Gasteiger partial charge on any atom is -0.493 e. The molecule has 214 valence electrons. The van der Waals surface area contributed by atoms with Crippen molar-refractivity contribution in [3.8, 4) is 29.1 Å². The summed E-state index contributed by atoms with van der Waals surface area (Å²) in [5, 5.41) is 3.19. The minimum atomic E-state index is -1.05. The number of halogens is 1. The number of aryl methyl sites for hydroxylation is 1. The Hall–Kier alpha value is -4.51. The van der Waals surface area contributed by atoms with E-state index in [0.717, 1.165) is 37.7 Å². The van der Waals surface area contributed by atoms with Crippen LogP contribution in [0, 0.1) is 24.6 Å². The van der Waals surface area contributed by atoms with E-state index < -0.39 is 17.8 Å². The van der Waals surface area contributed by atoms with Gasteiger partial charge in [-0.05, 0) is 49.6 Å². The van der Waals surface area contributed by atoms with Crippen molar-refractivity contribution in [1.82, 2.24) is 5.32 Å². The van der Waals surface area contributed by atoms with Gasteiger partial charge in [0, 0.05) is 29.7 Å². The molecule has 1 aliphatic rings. The largest absolute Gasteiger partial charge is 0.493 e. The van der Waals surface area contributed by atoms with Gasteiger partial charge in [0.2, 0.25) is 11.7 Å². The number of hydrogen-bond acceptors (Lipinski definition) is 5. The summed E-state index contributed by atoms with van der Waals surface area (Å²) in [6.07, 6.45) is 4.99. The maximum atomic E-state index is 14.1. The standard InChI is InChI=1S/C33H35FN2O5/c1-22-10-15-24(16-11-22)31(33(38)35-26-8-6-5-7-9-26)36(30(37)19-14-23-12-17-25(34)18-13-23)27-20-28(39-2)32(41-4)29(21-27)40-3/h10-13,15-18,20-21,26,31H,5-9H2,1-4H3,(H,35,38). The van der Waals surface area contributed by atoms with E-state index in [0.29, 0.717) is 34.1 Å². The predicted molar refractivity (Wildman–Crippen MR) is 156 cm³/mol. The lowest BCUT2D eigenvalue weighted by Gasteiger charge is -2.33. The van der Waals surface area contributed by atoms with E-state index in [-0.39, 0.29) is 11.9 Å². The summed E-state index contributed by atoms with van der Waals surface area (Å²) in [6.45, 7) is 1.96. The van der Waals surface area contributed by atoms with Gasteiger partial charge in [0.25, 0.3) is 0 Å². The molecule has 1 unspecified atom stereocenters. The Morgan fingerprint density at radius 1 is 0.902 bits per heavy atom. The predicted octanol–water partition coefficient (Wildman–Crippen LogP) is 5.73. The Morgan fingerprint density at radius 3 is 2.07 bits per heavy atom. The van der Waals surface area contributed by atoms with E-state index in [2.05, 4.69) is 17.2 Å². The zero-order valence-electron chi connectivity index (χ0n) is 23.8. The zero-order chi connectivity index (χ0) is 29.4. The molecule has 0 aliphatic heterocycles. The molecule has 0 radical (unpaired) electrons. The molecule has 0 aromatic heterocycles. The highest BCUT2D eigenvalue weighted by Gasteiger charge is 2.35. The number of nitrogens with zero attached hydrogens (tertiary/aromatic N) is 1. The fourth-order valence-electron chi connectivity index (χ4n) is 5.00. The summed E-state index contributed by atoms with van der Waals surface area (Å²) in [7, 11) is 4.45. The molecule has 1 saturated carbocycles. The number of methoxy groups -OCH3 is 3. The van der Waals surface area contributed by atoms with Crippen LogP contribution in [0.15, 0.2) is 60.7 Å². The van der Waals surface area contributed by atoms with E-state index in [4.69, 9.17) is 14.2 Å². The van der Waals surface area contributed by atoms with Crippen LogP contribution in [-0.2, 0) is 9.59 Å². The van der Waals surface area contributed by atoms with Gasteiger partial charge in [-0.25, -0.2) is 4.39 Å². The first-order valence-electron chi connectivity index (χ1n) is 13.6. The Labute approximate surface area is 240 Å². The minimum absolute atomic E-state index is 0.0198. The van der Waals surface area contributed by atoms with Crippen LogP contribution in [0.25, 0.3) is 0 Å². The first kappa shape index (κ1) is 29.5. The van der Waals surface area contributed by atoms with Gasteiger partial charge in [-0.3, -0.25) is 14.5 Å². The quantitative estimate of drug-likeness (QED) is 0.357. The van der Waals surface area contributed by atoms with Gasteiger partial charge < -0.3 is 19.5 Å². The highest BCUT2D eigenvalue weighted by atomic mass is 19.1. The highest BCUT2D eigenvalue weighted by Crippen LogP contribution is 2.43. The summed E-state index contributed by atoms with van der Waals surface area (Å²) < 4.78 is 30.0. The van der Waals surface area contributed by atoms with E-state index >= 15 is 0 Å². The number of hydrogen-bond donors (Lipinski definition) is 1. The van der Waals surface area contributed by atoms with Crippen molar-refractivity contribution in [3.05, 3.63) is 83.2 Å². The van der Waals surface area contributed by atoms with Gasteiger partial charge in [-0.15, -0.1) is 0 Å². The molecule has 4 rings (SSSR count). The van der Waals surface area contributed by atoms with Crippen LogP contribution in [0.2, 0.25) is 0 Å². The second-order valence-corrected chi connectivity index (χ2v) is 9.97. The Bertz CT molecular complexity index is 1400. The molecule has 41 heavy (non-hydrogen) atoms. The number of nitrogens with one attached hydrogen (secondary N) is 1. The Balaban J connectivity index is 1.87. The third kappa shape index (κ3) is 7.17. The van der Waals surface area contributed by atoms with Crippen molar-refractivity contribution in [1.29, 1.82) is 0 Å². The van der Waals surface area contributed by atoms with Crippen molar-refractivity contribution >= 4 is 17.5 Å². The van der Waals surface area contributed by atoms with Gasteiger partial charge in [0.15, 0.2) is 11.5 Å². The third-order valence-electron chi connectivity index (χ3n) is 7.16. The lowest BCUT2D eigenvalue weighted by Crippen LogP contribution is -2.47. The lowest BCUT2D eigenvalue weighted by molar-refractivity contribution is -0.125. The molecular weight excluding hydrogens is 523 g/mol. The van der Waals surface area contributed by atoms with Crippen LogP contribution < -0.4 is 24.4 Å². The van der Waals surface area contributed by atoms with Crippen molar-refractivity contribution in [2.24, 2.45) is 0 Å². The van der Waals surface area contributed by atoms with Gasteiger partial charge in [0.05, 0.1) is 27.0 Å². The molecule has 7 nitrogen and oxygen atoms in total. The fourth-order valence-corrected chi connectivity index (χ4v) is 5.00. The number of ether oxygens (including phenoxy) is 3. The molecule has 0 saturated heterocycles. The monoisotopic (exact) mass is 558 g/mol. The second-order valence-electron chi connectivity index (χ2n) is 9.97. The van der Waals surface area contributed by atoms with Crippen LogP contribution in [0.1, 0.15) is 54.8 Å². The van der Waals surface area contributed by atoms with E-state index in [1.807, 2.05) is 31.2 Å². The summed E-state index contributed by atoms with van der Waals surface area (Å²) in [6, 6.07) is 15.2. The number of benzene rings is 3. The van der Waals surface area contributed by atoms with Crippen LogP contribution >= 0.6 is 0 Å². The molecule has 2 amide bonds. The average Bonchev–Trinajstić information content (AvgIpc) is 2.99. The highest BCUT2D eigenvalue weighted by molar-refractivity contribution is 6.10. The molecule has 1 fully saturated rings. The second kappa shape index (κ2) is 13.7. The summed E-state index contributed by atoms with van der Waals surface area (Å²) in [5.41, 5.74) is 2.43. The molecule has 3 aromatic carbocycles. The molecule has 8 heteroatoms. The molecule has 3 aromatic rings. The maximum Gasteiger partial charge on any atom is 0.304 e. The molecule has 1 aliphatic carbocycles. The normalized spacial score (nSPS) is 13.8. The average molecular weight is 559 g/mol. The SMILES string of the molecule is COc1cc(N(C(=O)C#Cc2ccc(F)cc2)C(C(=O)NC2CCCCC2)c2ccc(C)cc2)cc(OC)c1OC. The summed E-state index contributed by atoms with van der Waals surface area (Å²) >= 11 is 0. The van der Waals surface area contributed by atoms with Crippen LogP contribution in [0.3, 0.4) is 0 Å². The van der Waals surface area contributed by atoms with E-state index in [1.54, 1.807) is 12.1 Å². The molecule has 0 bridgehead atoms. The van der Waals surface area contributed by atoms with Gasteiger partial charge in [0.1, 0.15) is 11.9 Å². The van der Waals surface area contributed by atoms with Gasteiger partial charge in [-0.1, -0.05) is 55.0 Å². The van der Waals surface area contributed by atoms with E-state index in [1.165, 1.54) is 50.5 Å². The number of rotatable bonds is 8. The molecule has 0 spiro atoms. The van der Waals surface area contributed by atoms with Crippen molar-refractivity contribution in [2.75, 3.05) is 26.2 Å². The Morgan fingerprint density at radius 2 is 1.51 bits per heavy atom. The summed E-state index contributed by atoms with van der Waals surface area (Å²) in [4.78, 5) is 29.4. The van der Waals surface area contributed by atoms with Crippen LogP contribution in [0.4, 0.5) is 10.1 Å². The van der Waals surface area contributed by atoms with Gasteiger partial charge in [-0.2, -0.15) is 0 Å². The number of amides is 2. The zero-order valence-corrected chi connectivity index (χ0v) is 23.8. The van der Waals surface area contributed by atoms with Gasteiger partial charge >= 0.3 is 5.91 Å². The molecular formula is C33H35FN2O5. The Kier molecular flexibility index (Phi) is 9.86. The van der Waals surface area contributed by atoms with Crippen LogP contribution in [-0.4, -0.2) is 39.2 Å². The first-order valence-corrected chi connectivity index (χ1v) is 13.6. The molecule has 0 heterocycles. The van der Waals surface area contributed by atoms with Crippen LogP contribution in [0.5, 0.6) is 17.2 Å². The molecule has 1 atom stereocenters. The van der Waals surface area contributed by atoms with E-state index in [9.17, 15) is 14.0 Å². The van der Waals surface area contributed by atoms with Crippen molar-refractivity contribution in [2.45, 2.75) is 51.1 Å². The summed E-state index contributed by atoms with van der Waals surface area (Å²) in [5.74, 6) is 5.12. The molecule has 1 N–H and O–H groups in total. The maximum absolute atomic E-state index is 14.1. The number of anilines is 1. The smallest absolute Gasteiger partial charge is 0.304 e. The lowest BCUT2D eigenvalue weighted by atomic mass is 9.94.